The molecule has 178 valence electrons. The van der Waals surface area contributed by atoms with Gasteiger partial charge < -0.3 is 0 Å². The van der Waals surface area contributed by atoms with Crippen molar-refractivity contribution >= 4 is 7.41 Å². The summed E-state index contributed by atoms with van der Waals surface area (Å²) in [4.78, 5) is 0. The first kappa shape index (κ1) is 25.0. The van der Waals surface area contributed by atoms with E-state index in [0.29, 0.717) is 5.16 Å². The van der Waals surface area contributed by atoms with Crippen LogP contribution < -0.4 is 0 Å². The fourth-order valence-corrected chi connectivity index (χ4v) is 17.9. The van der Waals surface area contributed by atoms with Gasteiger partial charge in [0, 0.05) is 0 Å². The molecule has 0 spiro atoms. The minimum atomic E-state index is -1.59. The molecule has 1 atom stereocenters. The van der Waals surface area contributed by atoms with E-state index in [0.717, 1.165) is 11.3 Å². The molecule has 0 radical (unpaired) electrons. The molecular formula is C28H56NP. The summed E-state index contributed by atoms with van der Waals surface area (Å²) in [5.41, 5.74) is 2.21. The topological polar surface area (TPSA) is 3.24 Å². The zero-order valence-electron chi connectivity index (χ0n) is 21.2. The van der Waals surface area contributed by atoms with Crippen molar-refractivity contribution in [3.05, 3.63) is 0 Å². The van der Waals surface area contributed by atoms with E-state index < -0.39 is 7.41 Å². The molecule has 0 amide bonds. The van der Waals surface area contributed by atoms with Crippen LogP contribution in [-0.2, 0) is 0 Å². The average molecular weight is 438 g/mol. The summed E-state index contributed by atoms with van der Waals surface area (Å²) in [6.45, 7) is 10.7. The van der Waals surface area contributed by atoms with Gasteiger partial charge in [-0.2, -0.15) is 0 Å². The van der Waals surface area contributed by atoms with Crippen LogP contribution in [0.4, 0.5) is 0 Å². The second kappa shape index (κ2) is 12.6. The monoisotopic (exact) mass is 437 g/mol. The van der Waals surface area contributed by atoms with E-state index in [1.807, 2.05) is 0 Å². The molecule has 2 aliphatic carbocycles. The first-order chi connectivity index (χ1) is 14.7. The van der Waals surface area contributed by atoms with Crippen molar-refractivity contribution in [2.24, 2.45) is 0 Å². The number of hydrogen-bond donors (Lipinski definition) is 0. The van der Waals surface area contributed by atoms with E-state index in [1.54, 1.807) is 32.1 Å². The summed E-state index contributed by atoms with van der Waals surface area (Å²) in [6, 6.07) is 0. The van der Waals surface area contributed by atoms with Crippen LogP contribution in [0.3, 0.4) is 0 Å². The molecule has 3 rings (SSSR count). The number of piperidine rings is 1. The Balaban J connectivity index is 2.02. The second-order valence-corrected chi connectivity index (χ2v) is 16.8. The van der Waals surface area contributed by atoms with Gasteiger partial charge in [-0.1, -0.05) is 0 Å². The fourth-order valence-electron chi connectivity index (χ4n) is 8.59. The van der Waals surface area contributed by atoms with Crippen molar-refractivity contribution in [1.29, 1.82) is 0 Å². The van der Waals surface area contributed by atoms with Crippen LogP contribution in [-0.4, -0.2) is 34.2 Å². The maximum absolute atomic E-state index is 3.32. The molecule has 0 N–H and O–H groups in total. The zero-order chi connectivity index (χ0) is 21.3. The molecule has 30 heavy (non-hydrogen) atoms. The average Bonchev–Trinajstić information content (AvgIpc) is 2.80. The van der Waals surface area contributed by atoms with Gasteiger partial charge in [-0.25, -0.2) is 0 Å². The molecule has 1 nitrogen and oxygen atoms in total. The molecule has 2 heteroatoms. The van der Waals surface area contributed by atoms with Crippen LogP contribution >= 0.6 is 7.41 Å². The molecule has 0 aromatic rings. The van der Waals surface area contributed by atoms with Gasteiger partial charge in [-0.15, -0.1) is 0 Å². The van der Waals surface area contributed by atoms with Crippen LogP contribution in [0.25, 0.3) is 0 Å². The predicted molar refractivity (Wildman–Crippen MR) is 140 cm³/mol. The summed E-state index contributed by atoms with van der Waals surface area (Å²) in [6.07, 6.45) is 30.3. The molecule has 0 bridgehead atoms. The van der Waals surface area contributed by atoms with E-state index >= 15 is 0 Å². The van der Waals surface area contributed by atoms with Crippen molar-refractivity contribution in [2.45, 2.75) is 166 Å². The van der Waals surface area contributed by atoms with E-state index in [2.05, 4.69) is 25.4 Å². The fraction of sp³-hybridized carbons (Fsp3) is 1.00. The third-order valence-corrected chi connectivity index (χ3v) is 17.3. The Bertz CT molecular complexity index is 414. The van der Waals surface area contributed by atoms with Gasteiger partial charge in [0.05, 0.1) is 0 Å². The second-order valence-electron chi connectivity index (χ2n) is 11.7. The molecule has 3 aliphatic rings. The molecule has 1 heterocycles. The first-order valence-electron chi connectivity index (χ1n) is 14.4. The van der Waals surface area contributed by atoms with E-state index in [1.165, 1.54) is 109 Å². The third kappa shape index (κ3) is 5.47. The SMILES string of the molecule is CCCCCCC(C)(CCC)[PH](C1CCCCC1)(C1CCCCC1)N1CCCCC1. The minimum absolute atomic E-state index is 0.650. The van der Waals surface area contributed by atoms with Crippen LogP contribution in [0.1, 0.15) is 149 Å². The molecule has 0 aromatic carbocycles. The quantitative estimate of drug-likeness (QED) is 0.230. The van der Waals surface area contributed by atoms with Crippen LogP contribution in [0, 0.1) is 0 Å². The van der Waals surface area contributed by atoms with Crippen molar-refractivity contribution < 1.29 is 0 Å². The van der Waals surface area contributed by atoms with Crippen molar-refractivity contribution in [3.63, 3.8) is 0 Å². The summed E-state index contributed by atoms with van der Waals surface area (Å²) in [7, 11) is -1.59. The predicted octanol–water partition coefficient (Wildman–Crippen LogP) is 9.33. The van der Waals surface area contributed by atoms with Gasteiger partial charge in [0.15, 0.2) is 0 Å². The zero-order valence-corrected chi connectivity index (χ0v) is 22.2. The van der Waals surface area contributed by atoms with Crippen LogP contribution in [0.2, 0.25) is 0 Å². The van der Waals surface area contributed by atoms with E-state index in [4.69, 9.17) is 0 Å². The number of nitrogens with zero attached hydrogens (tertiary/aromatic N) is 1. The third-order valence-electron chi connectivity index (χ3n) is 9.69. The van der Waals surface area contributed by atoms with Gasteiger partial charge in [0.2, 0.25) is 0 Å². The molecule has 1 saturated heterocycles. The molecular weight excluding hydrogens is 381 g/mol. The van der Waals surface area contributed by atoms with Crippen molar-refractivity contribution in [3.8, 4) is 0 Å². The van der Waals surface area contributed by atoms with Gasteiger partial charge in [0.25, 0.3) is 0 Å². The number of hydrogen-bond acceptors (Lipinski definition) is 1. The summed E-state index contributed by atoms with van der Waals surface area (Å²) >= 11 is 0. The molecule has 1 unspecified atom stereocenters. The van der Waals surface area contributed by atoms with Gasteiger partial charge >= 0.3 is 191 Å². The Morgan fingerprint density at radius 1 is 0.633 bits per heavy atom. The Kier molecular flexibility index (Phi) is 10.5. The van der Waals surface area contributed by atoms with Crippen molar-refractivity contribution in [2.75, 3.05) is 13.1 Å². The first-order valence-corrected chi connectivity index (χ1v) is 16.5. The summed E-state index contributed by atoms with van der Waals surface area (Å²) < 4.78 is 3.32. The Morgan fingerprint density at radius 3 is 1.67 bits per heavy atom. The van der Waals surface area contributed by atoms with Crippen LogP contribution in [0.5, 0.6) is 0 Å². The summed E-state index contributed by atoms with van der Waals surface area (Å²) in [5, 5.41) is 0.650. The number of unbranched alkanes of at least 4 members (excludes halogenated alkanes) is 3. The van der Waals surface area contributed by atoms with Gasteiger partial charge in [-0.05, 0) is 0 Å². The normalized spacial score (nSPS) is 25.8. The molecule has 3 fully saturated rings. The molecule has 1 aliphatic heterocycles. The Hall–Kier alpha value is 0.390. The van der Waals surface area contributed by atoms with Gasteiger partial charge in [-0.3, -0.25) is 0 Å². The van der Waals surface area contributed by atoms with E-state index in [9.17, 15) is 0 Å². The number of rotatable bonds is 11. The van der Waals surface area contributed by atoms with E-state index in [-0.39, 0.29) is 0 Å². The molecule has 2 saturated carbocycles. The maximum atomic E-state index is 3.32. The van der Waals surface area contributed by atoms with Crippen molar-refractivity contribution in [1.82, 2.24) is 4.67 Å². The Labute approximate surface area is 190 Å². The summed E-state index contributed by atoms with van der Waals surface area (Å²) in [5.74, 6) is 0. The Morgan fingerprint density at radius 2 is 1.17 bits per heavy atom. The van der Waals surface area contributed by atoms with Gasteiger partial charge in [0.1, 0.15) is 0 Å². The standard InChI is InChI=1S/C28H56NP/c1-4-6-7-15-23-28(3,22-5-2)30(26-18-11-8-12-19-26,27-20-13-9-14-21-27)29-24-16-10-17-25-29/h26-27,30H,4-25H2,1-3H3. The van der Waals surface area contributed by atoms with Crippen LogP contribution in [0.15, 0.2) is 0 Å². The molecule has 0 aromatic heterocycles.